The highest BCUT2D eigenvalue weighted by Gasteiger charge is 2.35. The molecule has 0 amide bonds. The second-order valence-corrected chi connectivity index (χ2v) is 9.68. The van der Waals surface area contributed by atoms with Crippen LogP contribution in [0.3, 0.4) is 0 Å². The fourth-order valence-electron chi connectivity index (χ4n) is 5.13. The molecule has 0 saturated heterocycles. The van der Waals surface area contributed by atoms with Crippen molar-refractivity contribution in [1.29, 1.82) is 0 Å². The van der Waals surface area contributed by atoms with Crippen molar-refractivity contribution < 1.29 is 17.9 Å². The lowest BCUT2D eigenvalue weighted by Gasteiger charge is -2.22. The van der Waals surface area contributed by atoms with E-state index in [9.17, 15) is 13.2 Å². The largest absolute Gasteiger partial charge is 0.488 e. The summed E-state index contributed by atoms with van der Waals surface area (Å²) < 4.78 is 47.5. The van der Waals surface area contributed by atoms with Crippen molar-refractivity contribution in [1.82, 2.24) is 9.97 Å². The molecule has 0 radical (unpaired) electrons. The Labute approximate surface area is 209 Å². The summed E-state index contributed by atoms with van der Waals surface area (Å²) in [5.74, 6) is 0.868. The maximum Gasteiger partial charge on any atom is 0.421 e. The zero-order chi connectivity index (χ0) is 25.0. The number of alkyl halides is 3. The van der Waals surface area contributed by atoms with Gasteiger partial charge in [0.1, 0.15) is 17.1 Å². The van der Waals surface area contributed by atoms with E-state index >= 15 is 0 Å². The van der Waals surface area contributed by atoms with Gasteiger partial charge in [-0.1, -0.05) is 43.5 Å². The fourth-order valence-corrected chi connectivity index (χ4v) is 5.13. The van der Waals surface area contributed by atoms with Crippen molar-refractivity contribution in [3.63, 3.8) is 0 Å². The monoisotopic (exact) mass is 496 g/mol. The topological polar surface area (TPSA) is 59.1 Å². The van der Waals surface area contributed by atoms with Gasteiger partial charge in [0.25, 0.3) is 0 Å². The van der Waals surface area contributed by atoms with Crippen LogP contribution in [0.4, 0.5) is 36.3 Å². The van der Waals surface area contributed by atoms with Gasteiger partial charge in [-0.2, -0.15) is 18.2 Å². The van der Waals surface area contributed by atoms with Crippen LogP contribution in [0.15, 0.2) is 54.7 Å². The molecule has 36 heavy (non-hydrogen) atoms. The van der Waals surface area contributed by atoms with Crippen LogP contribution in [-0.4, -0.2) is 16.1 Å². The highest BCUT2D eigenvalue weighted by atomic mass is 19.4. The van der Waals surface area contributed by atoms with Gasteiger partial charge in [0.2, 0.25) is 5.95 Å². The normalized spacial score (nSPS) is 17.2. The molecule has 2 aliphatic carbocycles. The van der Waals surface area contributed by atoms with Crippen LogP contribution in [0, 0.1) is 0 Å². The molecule has 2 aromatic carbocycles. The van der Waals surface area contributed by atoms with Crippen molar-refractivity contribution in [2.75, 3.05) is 10.6 Å². The Morgan fingerprint density at radius 1 is 0.806 bits per heavy atom. The Hall–Kier alpha value is -3.29. The number of ether oxygens (including phenoxy) is 1. The number of rotatable bonds is 7. The van der Waals surface area contributed by atoms with Gasteiger partial charge in [-0.05, 0) is 74.3 Å². The standard InChI is InChI=1S/C28H31F3N4O/c29-28(30,31)23-18-32-27(33-21-16-14-20(15-17-21)19-8-2-1-3-9-19)35-26(23)34-24-12-6-7-13-25(24)36-22-10-4-5-11-22/h6-7,12-19,22H,1-5,8-11H2,(H2,32,33,34,35). The molecule has 0 bridgehead atoms. The Morgan fingerprint density at radius 3 is 2.22 bits per heavy atom. The Morgan fingerprint density at radius 2 is 1.50 bits per heavy atom. The first-order valence-corrected chi connectivity index (χ1v) is 12.8. The summed E-state index contributed by atoms with van der Waals surface area (Å²) in [5.41, 5.74) is 1.53. The predicted molar refractivity (Wildman–Crippen MR) is 135 cm³/mol. The lowest BCUT2D eigenvalue weighted by Crippen LogP contribution is -2.14. The van der Waals surface area contributed by atoms with Crippen LogP contribution >= 0.6 is 0 Å². The minimum atomic E-state index is -4.61. The van der Waals surface area contributed by atoms with E-state index < -0.39 is 11.7 Å². The molecule has 5 nitrogen and oxygen atoms in total. The molecule has 2 saturated carbocycles. The third kappa shape index (κ3) is 5.91. The van der Waals surface area contributed by atoms with Crippen molar-refractivity contribution >= 4 is 23.1 Å². The third-order valence-electron chi connectivity index (χ3n) is 7.07. The van der Waals surface area contributed by atoms with Crippen molar-refractivity contribution in [3.05, 3.63) is 65.9 Å². The summed E-state index contributed by atoms with van der Waals surface area (Å²) in [4.78, 5) is 8.15. The van der Waals surface area contributed by atoms with E-state index in [0.717, 1.165) is 37.6 Å². The number of hydrogen-bond donors (Lipinski definition) is 2. The molecule has 190 valence electrons. The van der Waals surface area contributed by atoms with E-state index in [1.54, 1.807) is 18.2 Å². The lowest BCUT2D eigenvalue weighted by molar-refractivity contribution is -0.137. The van der Waals surface area contributed by atoms with Gasteiger partial charge in [0.15, 0.2) is 0 Å². The summed E-state index contributed by atoms with van der Waals surface area (Å²) in [6.45, 7) is 0. The SMILES string of the molecule is FC(F)(F)c1cnc(Nc2ccc(C3CCCCC3)cc2)nc1Nc1ccccc1OC1CCCC1. The third-order valence-corrected chi connectivity index (χ3v) is 7.07. The van der Waals surface area contributed by atoms with Crippen molar-refractivity contribution in [3.8, 4) is 5.75 Å². The van der Waals surface area contributed by atoms with Crippen LogP contribution in [-0.2, 0) is 6.18 Å². The second kappa shape index (κ2) is 10.8. The highest BCUT2D eigenvalue weighted by molar-refractivity contribution is 5.67. The quantitative estimate of drug-likeness (QED) is 0.344. The van der Waals surface area contributed by atoms with Crippen LogP contribution in [0.25, 0.3) is 0 Å². The summed E-state index contributed by atoms with van der Waals surface area (Å²) in [6.07, 6.45) is 6.60. The smallest absolute Gasteiger partial charge is 0.421 e. The van der Waals surface area contributed by atoms with Crippen LogP contribution in [0.2, 0.25) is 0 Å². The highest BCUT2D eigenvalue weighted by Crippen LogP contribution is 2.38. The van der Waals surface area contributed by atoms with E-state index in [2.05, 4.69) is 32.7 Å². The Bertz CT molecular complexity index is 1150. The van der Waals surface area contributed by atoms with Crippen LogP contribution in [0.5, 0.6) is 5.75 Å². The maximum absolute atomic E-state index is 13.8. The number of nitrogens with one attached hydrogen (secondary N) is 2. The zero-order valence-electron chi connectivity index (χ0n) is 20.2. The first-order valence-electron chi connectivity index (χ1n) is 12.8. The first kappa shape index (κ1) is 24.4. The molecule has 0 spiro atoms. The number of aromatic nitrogens is 2. The molecular weight excluding hydrogens is 465 g/mol. The van der Waals surface area contributed by atoms with Gasteiger partial charge in [-0.15, -0.1) is 0 Å². The van der Waals surface area contributed by atoms with E-state index in [0.29, 0.717) is 17.4 Å². The molecule has 1 heterocycles. The van der Waals surface area contributed by atoms with Gasteiger partial charge < -0.3 is 15.4 Å². The second-order valence-electron chi connectivity index (χ2n) is 9.68. The van der Waals surface area contributed by atoms with E-state index in [1.807, 2.05) is 18.2 Å². The molecule has 2 N–H and O–H groups in total. The van der Waals surface area contributed by atoms with E-state index in [-0.39, 0.29) is 17.9 Å². The predicted octanol–water partition coefficient (Wildman–Crippen LogP) is 8.35. The molecule has 2 aliphatic rings. The fraction of sp³-hybridized carbons (Fsp3) is 0.429. The van der Waals surface area contributed by atoms with Crippen LogP contribution < -0.4 is 15.4 Å². The molecule has 1 aromatic heterocycles. The minimum absolute atomic E-state index is 0.0780. The molecule has 8 heteroatoms. The number of hydrogen-bond acceptors (Lipinski definition) is 5. The van der Waals surface area contributed by atoms with Gasteiger partial charge in [-0.3, -0.25) is 0 Å². The zero-order valence-corrected chi connectivity index (χ0v) is 20.2. The Balaban J connectivity index is 1.37. The van der Waals surface area contributed by atoms with Crippen molar-refractivity contribution in [2.24, 2.45) is 0 Å². The van der Waals surface area contributed by atoms with Gasteiger partial charge >= 0.3 is 6.18 Å². The number of nitrogens with zero attached hydrogens (tertiary/aromatic N) is 2. The molecule has 2 fully saturated rings. The summed E-state index contributed by atoms with van der Waals surface area (Å²) in [5, 5.41) is 5.92. The molecule has 3 aromatic rings. The molecule has 5 rings (SSSR count). The first-order chi connectivity index (χ1) is 17.5. The molecule has 0 atom stereocenters. The van der Waals surface area contributed by atoms with Gasteiger partial charge in [0, 0.05) is 11.9 Å². The van der Waals surface area contributed by atoms with E-state index in [4.69, 9.17) is 4.74 Å². The Kier molecular flexibility index (Phi) is 7.30. The van der Waals surface area contributed by atoms with Crippen molar-refractivity contribution in [2.45, 2.75) is 76.0 Å². The summed E-state index contributed by atoms with van der Waals surface area (Å²) in [7, 11) is 0. The van der Waals surface area contributed by atoms with Gasteiger partial charge in [0.05, 0.1) is 11.8 Å². The summed E-state index contributed by atoms with van der Waals surface area (Å²) in [6, 6.07) is 15.1. The molecular formula is C28H31F3N4O. The minimum Gasteiger partial charge on any atom is -0.488 e. The number of anilines is 4. The number of benzene rings is 2. The molecule has 0 aliphatic heterocycles. The van der Waals surface area contributed by atoms with E-state index in [1.165, 1.54) is 37.7 Å². The average Bonchev–Trinajstić information content (AvgIpc) is 3.39. The number of para-hydroxylation sites is 2. The lowest BCUT2D eigenvalue weighted by atomic mass is 9.84. The molecule has 0 unspecified atom stereocenters. The van der Waals surface area contributed by atoms with Gasteiger partial charge in [-0.25, -0.2) is 4.98 Å². The average molecular weight is 497 g/mol. The summed E-state index contributed by atoms with van der Waals surface area (Å²) >= 11 is 0. The number of halogens is 3. The maximum atomic E-state index is 13.8. The van der Waals surface area contributed by atoms with Crippen LogP contribution in [0.1, 0.15) is 74.8 Å².